The molecule has 29 heavy (non-hydrogen) atoms. The molecule has 1 unspecified atom stereocenters. The molecule has 3 rings (SSSR count). The van der Waals surface area contributed by atoms with Crippen molar-refractivity contribution in [3.63, 3.8) is 0 Å². The second-order valence-corrected chi connectivity index (χ2v) is 8.81. The number of sulfone groups is 1. The fraction of sp³-hybridized carbons (Fsp3) is 0.300. The quantitative estimate of drug-likeness (QED) is 0.776. The summed E-state index contributed by atoms with van der Waals surface area (Å²) in [7, 11) is -4.90. The van der Waals surface area contributed by atoms with Crippen molar-refractivity contribution in [2.24, 2.45) is 5.92 Å². The first-order valence-corrected chi connectivity index (χ1v) is 10.5. The Hall–Kier alpha value is -2.81. The average Bonchev–Trinajstić information content (AvgIpc) is 3.07. The Morgan fingerprint density at radius 1 is 1.17 bits per heavy atom. The van der Waals surface area contributed by atoms with E-state index >= 15 is 0 Å². The molecule has 1 saturated heterocycles. The van der Waals surface area contributed by atoms with Crippen molar-refractivity contribution in [3.05, 3.63) is 59.7 Å². The molecule has 6 nitrogen and oxygen atoms in total. The molecule has 2 amide bonds. The third kappa shape index (κ3) is 4.45. The highest BCUT2D eigenvalue weighted by atomic mass is 32.2. The Labute approximate surface area is 167 Å². The molecule has 0 saturated carbocycles. The SMILES string of the molecule is Cc1ccc(N2CC(CNC(=O)c3ccccc3S(=O)(=O)C(F)F)CC2=O)cc1. The summed E-state index contributed by atoms with van der Waals surface area (Å²) in [6.45, 7) is 2.47. The van der Waals surface area contributed by atoms with E-state index in [-0.39, 0.29) is 30.4 Å². The van der Waals surface area contributed by atoms with Gasteiger partial charge in [-0.3, -0.25) is 9.59 Å². The average molecular weight is 422 g/mol. The van der Waals surface area contributed by atoms with Crippen LogP contribution in [0.15, 0.2) is 53.4 Å². The highest BCUT2D eigenvalue weighted by Crippen LogP contribution is 2.26. The van der Waals surface area contributed by atoms with E-state index in [2.05, 4.69) is 5.32 Å². The van der Waals surface area contributed by atoms with Gasteiger partial charge >= 0.3 is 5.76 Å². The van der Waals surface area contributed by atoms with Crippen molar-refractivity contribution < 1.29 is 26.8 Å². The number of benzene rings is 2. The lowest BCUT2D eigenvalue weighted by atomic mass is 10.1. The number of halogens is 2. The summed E-state index contributed by atoms with van der Waals surface area (Å²) in [6.07, 6.45) is 0.227. The van der Waals surface area contributed by atoms with Crippen molar-refractivity contribution >= 4 is 27.3 Å². The summed E-state index contributed by atoms with van der Waals surface area (Å²) >= 11 is 0. The fourth-order valence-electron chi connectivity index (χ4n) is 3.22. The van der Waals surface area contributed by atoms with Crippen LogP contribution in [0.5, 0.6) is 0 Å². The van der Waals surface area contributed by atoms with Gasteiger partial charge in [-0.2, -0.15) is 8.78 Å². The number of rotatable bonds is 6. The maximum Gasteiger partial charge on any atom is 0.341 e. The summed E-state index contributed by atoms with van der Waals surface area (Å²) in [5, 5.41) is 2.57. The highest BCUT2D eigenvalue weighted by molar-refractivity contribution is 7.91. The van der Waals surface area contributed by atoms with Crippen LogP contribution in [0.25, 0.3) is 0 Å². The minimum absolute atomic E-state index is 0.0752. The highest BCUT2D eigenvalue weighted by Gasteiger charge is 2.33. The molecule has 1 atom stereocenters. The van der Waals surface area contributed by atoms with E-state index in [9.17, 15) is 26.8 Å². The molecule has 0 aromatic heterocycles. The van der Waals surface area contributed by atoms with Crippen LogP contribution < -0.4 is 10.2 Å². The Balaban J connectivity index is 1.68. The van der Waals surface area contributed by atoms with Crippen LogP contribution in [-0.4, -0.2) is 39.1 Å². The van der Waals surface area contributed by atoms with Gasteiger partial charge in [0.05, 0.1) is 10.5 Å². The Kier molecular flexibility index (Phi) is 5.97. The third-order valence-corrected chi connectivity index (χ3v) is 6.21. The number of nitrogens with zero attached hydrogens (tertiary/aromatic N) is 1. The summed E-state index contributed by atoms with van der Waals surface area (Å²) in [5.41, 5.74) is 1.50. The molecule has 2 aromatic carbocycles. The zero-order valence-electron chi connectivity index (χ0n) is 15.6. The monoisotopic (exact) mass is 422 g/mol. The van der Waals surface area contributed by atoms with Crippen LogP contribution in [0.1, 0.15) is 22.3 Å². The molecule has 2 aromatic rings. The molecule has 9 heteroatoms. The van der Waals surface area contributed by atoms with Gasteiger partial charge in [0.15, 0.2) is 0 Å². The molecule has 0 aliphatic carbocycles. The van der Waals surface area contributed by atoms with Gasteiger partial charge in [-0.15, -0.1) is 0 Å². The van der Waals surface area contributed by atoms with Crippen molar-refractivity contribution in [1.82, 2.24) is 5.32 Å². The second-order valence-electron chi connectivity index (χ2n) is 6.92. The normalized spacial score (nSPS) is 17.0. The number of hydrogen-bond donors (Lipinski definition) is 1. The van der Waals surface area contributed by atoms with E-state index in [0.29, 0.717) is 6.54 Å². The summed E-state index contributed by atoms with van der Waals surface area (Å²) in [4.78, 5) is 25.7. The molecule has 0 bridgehead atoms. The maximum atomic E-state index is 12.9. The Morgan fingerprint density at radius 2 is 1.83 bits per heavy atom. The lowest BCUT2D eigenvalue weighted by molar-refractivity contribution is -0.117. The molecule has 1 N–H and O–H groups in total. The molecule has 0 radical (unpaired) electrons. The topological polar surface area (TPSA) is 83.6 Å². The predicted molar refractivity (Wildman–Crippen MR) is 104 cm³/mol. The van der Waals surface area contributed by atoms with Gasteiger partial charge in [0.25, 0.3) is 5.91 Å². The third-order valence-electron chi connectivity index (χ3n) is 4.77. The van der Waals surface area contributed by atoms with E-state index < -0.39 is 26.4 Å². The number of aryl methyl sites for hydroxylation is 1. The van der Waals surface area contributed by atoms with E-state index in [1.165, 1.54) is 18.2 Å². The van der Waals surface area contributed by atoms with Gasteiger partial charge in [-0.25, -0.2) is 8.42 Å². The van der Waals surface area contributed by atoms with E-state index in [1.54, 1.807) is 4.90 Å². The number of nitrogens with one attached hydrogen (secondary N) is 1. The van der Waals surface area contributed by atoms with Crippen LogP contribution in [-0.2, 0) is 14.6 Å². The standard InChI is InChI=1S/C20H20F2N2O4S/c1-13-6-8-15(9-7-13)24-12-14(10-18(24)25)11-23-19(26)16-4-2-3-5-17(16)29(27,28)20(21)22/h2-9,14,20H,10-12H2,1H3,(H,23,26). The number of hydrogen-bond acceptors (Lipinski definition) is 4. The first-order chi connectivity index (χ1) is 13.7. The molecule has 154 valence electrons. The number of anilines is 1. The zero-order chi connectivity index (χ0) is 21.2. The van der Waals surface area contributed by atoms with Gasteiger partial charge in [-0.05, 0) is 31.2 Å². The molecular formula is C20H20F2N2O4S. The van der Waals surface area contributed by atoms with Crippen LogP contribution in [0.4, 0.5) is 14.5 Å². The summed E-state index contributed by atoms with van der Waals surface area (Å²) in [6, 6.07) is 12.3. The largest absolute Gasteiger partial charge is 0.352 e. The lowest BCUT2D eigenvalue weighted by Gasteiger charge is -2.17. The zero-order valence-corrected chi connectivity index (χ0v) is 16.5. The predicted octanol–water partition coefficient (Wildman–Crippen LogP) is 2.77. The van der Waals surface area contributed by atoms with Gasteiger partial charge in [-0.1, -0.05) is 29.8 Å². The fourth-order valence-corrected chi connectivity index (χ4v) is 4.15. The van der Waals surface area contributed by atoms with Crippen LogP contribution in [0.3, 0.4) is 0 Å². The van der Waals surface area contributed by atoms with Gasteiger partial charge in [0.1, 0.15) is 0 Å². The first kappa shape index (κ1) is 20.9. The molecule has 1 aliphatic rings. The van der Waals surface area contributed by atoms with E-state index in [4.69, 9.17) is 0 Å². The lowest BCUT2D eigenvalue weighted by Crippen LogP contribution is -2.32. The van der Waals surface area contributed by atoms with Crippen LogP contribution in [0, 0.1) is 12.8 Å². The minimum Gasteiger partial charge on any atom is -0.352 e. The number of carbonyl (C=O) groups excluding carboxylic acids is 2. The van der Waals surface area contributed by atoms with Crippen molar-refractivity contribution in [3.8, 4) is 0 Å². The number of alkyl halides is 2. The van der Waals surface area contributed by atoms with E-state index in [1.807, 2.05) is 31.2 Å². The van der Waals surface area contributed by atoms with Crippen LogP contribution in [0.2, 0.25) is 0 Å². The Morgan fingerprint density at radius 3 is 2.48 bits per heavy atom. The molecular weight excluding hydrogens is 402 g/mol. The molecule has 1 fully saturated rings. The van der Waals surface area contributed by atoms with Crippen molar-refractivity contribution in [2.45, 2.75) is 24.0 Å². The van der Waals surface area contributed by atoms with Crippen molar-refractivity contribution in [2.75, 3.05) is 18.0 Å². The van der Waals surface area contributed by atoms with E-state index in [0.717, 1.165) is 17.3 Å². The Bertz CT molecular complexity index is 1020. The van der Waals surface area contributed by atoms with Crippen LogP contribution >= 0.6 is 0 Å². The second kappa shape index (κ2) is 8.28. The first-order valence-electron chi connectivity index (χ1n) is 8.96. The molecule has 1 heterocycles. The van der Waals surface area contributed by atoms with Gasteiger partial charge in [0.2, 0.25) is 15.7 Å². The van der Waals surface area contributed by atoms with Gasteiger partial charge in [0, 0.05) is 31.1 Å². The number of carbonyl (C=O) groups is 2. The minimum atomic E-state index is -4.90. The maximum absolute atomic E-state index is 12.9. The smallest absolute Gasteiger partial charge is 0.341 e. The molecule has 1 aliphatic heterocycles. The summed E-state index contributed by atoms with van der Waals surface area (Å²) < 4.78 is 49.4. The summed E-state index contributed by atoms with van der Waals surface area (Å²) in [5.74, 6) is -4.64. The van der Waals surface area contributed by atoms with Gasteiger partial charge < -0.3 is 10.2 Å². The molecule has 0 spiro atoms. The van der Waals surface area contributed by atoms with Crippen molar-refractivity contribution in [1.29, 1.82) is 0 Å². The number of amides is 2.